The third kappa shape index (κ3) is 13.2. The van der Waals surface area contributed by atoms with Crippen LogP contribution in [0.15, 0.2) is 114 Å². The Kier molecular flexibility index (Phi) is 17.2. The molecule has 3 fully saturated rings. The fourth-order valence-electron chi connectivity index (χ4n) is 12.4. The summed E-state index contributed by atoms with van der Waals surface area (Å²) in [5.41, 5.74) is 7.42. The highest BCUT2D eigenvalue weighted by molar-refractivity contribution is 7.90. The zero-order valence-corrected chi connectivity index (χ0v) is 49.6. The normalized spacial score (nSPS) is 19.4. The first-order valence-corrected chi connectivity index (χ1v) is 31.0. The van der Waals surface area contributed by atoms with Crippen molar-refractivity contribution < 1.29 is 37.3 Å². The first kappa shape index (κ1) is 58.7. The van der Waals surface area contributed by atoms with Crippen LogP contribution in [0.25, 0.3) is 16.6 Å². The van der Waals surface area contributed by atoms with E-state index in [1.54, 1.807) is 41.4 Å². The lowest BCUT2D eigenvalue weighted by Gasteiger charge is -2.39. The van der Waals surface area contributed by atoms with Crippen LogP contribution in [0.4, 0.5) is 17.1 Å². The Morgan fingerprint density at radius 2 is 1.76 bits per heavy atom. The fraction of sp³-hybridized carbons (Fsp3) is 0.391. The molecule has 5 aliphatic rings. The number of anilines is 2. The van der Waals surface area contributed by atoms with E-state index in [-0.39, 0.29) is 59.0 Å². The lowest BCUT2D eigenvalue weighted by atomic mass is 9.72. The third-order valence-electron chi connectivity index (χ3n) is 17.2. The number of amides is 4. The number of piperidine rings is 2. The fourth-order valence-corrected chi connectivity index (χ4v) is 13.5. The van der Waals surface area contributed by atoms with Crippen molar-refractivity contribution in [2.75, 3.05) is 76.2 Å². The number of unbranched alkanes of at least 4 members (excludes halogenated alkanes) is 1. The van der Waals surface area contributed by atoms with Gasteiger partial charge in [0.15, 0.2) is 0 Å². The van der Waals surface area contributed by atoms with Gasteiger partial charge in [0, 0.05) is 118 Å². The number of nitro groups is 1. The molecule has 0 radical (unpaired) electrons. The summed E-state index contributed by atoms with van der Waals surface area (Å²) >= 11 is 6.27. The van der Waals surface area contributed by atoms with Crippen LogP contribution in [0.2, 0.25) is 5.02 Å². The number of ether oxygens (including phenoxy) is 1. The van der Waals surface area contributed by atoms with Crippen molar-refractivity contribution in [1.82, 2.24) is 34.3 Å². The number of nitrogens with one attached hydrogen (secondary N) is 3. The third-order valence-corrected chi connectivity index (χ3v) is 18.8. The second-order valence-electron chi connectivity index (χ2n) is 23.6. The van der Waals surface area contributed by atoms with Crippen LogP contribution in [-0.4, -0.2) is 139 Å². The van der Waals surface area contributed by atoms with E-state index < -0.39 is 37.5 Å². The van der Waals surface area contributed by atoms with E-state index in [4.69, 9.17) is 16.3 Å². The summed E-state index contributed by atoms with van der Waals surface area (Å²) in [6.07, 6.45) is 10.2. The van der Waals surface area contributed by atoms with Crippen LogP contribution in [0.3, 0.4) is 0 Å². The van der Waals surface area contributed by atoms with Gasteiger partial charge in [0.25, 0.3) is 33.4 Å². The monoisotopic (exact) mass is 1190 g/mol. The number of aromatic nitrogens is 2. The van der Waals surface area contributed by atoms with Gasteiger partial charge in [0.05, 0.1) is 21.6 Å². The molecule has 2 aromatic heterocycles. The molecule has 2 atom stereocenters. The summed E-state index contributed by atoms with van der Waals surface area (Å²) < 4.78 is 36.6. The average molecular weight is 1190 g/mol. The maximum Gasteiger partial charge on any atom is 0.293 e. The number of nitro benzene ring substituents is 1. The molecular weight excluding hydrogens is 1120 g/mol. The number of fused-ring (bicyclic) bond motifs is 2. The van der Waals surface area contributed by atoms with Gasteiger partial charge in [-0.15, -0.1) is 0 Å². The summed E-state index contributed by atoms with van der Waals surface area (Å²) in [6.45, 7) is 11.6. The van der Waals surface area contributed by atoms with Crippen LogP contribution in [0.5, 0.6) is 11.5 Å². The number of hydrogen-bond donors (Lipinski definition) is 3. The molecule has 6 heterocycles. The molecule has 11 rings (SSSR count). The number of rotatable bonds is 17. The Labute approximate surface area is 499 Å². The molecule has 2 unspecified atom stereocenters. The second kappa shape index (κ2) is 24.9. The molecular formula is C64H69ClN10O9S. The van der Waals surface area contributed by atoms with E-state index in [2.05, 4.69) is 72.5 Å². The number of hydrogen-bond acceptors (Lipinski definition) is 14. The van der Waals surface area contributed by atoms with Crippen LogP contribution < -0.4 is 19.7 Å². The number of imide groups is 1. The molecule has 0 saturated carbocycles. The maximum absolute atomic E-state index is 14.2. The van der Waals surface area contributed by atoms with E-state index in [1.165, 1.54) is 48.2 Å². The number of piperazine rings is 1. The molecule has 4 aromatic carbocycles. The van der Waals surface area contributed by atoms with E-state index in [0.717, 1.165) is 116 Å². The van der Waals surface area contributed by atoms with Gasteiger partial charge in [0.1, 0.15) is 28.9 Å². The predicted molar refractivity (Wildman–Crippen MR) is 326 cm³/mol. The largest absolute Gasteiger partial charge is 0.455 e. The highest BCUT2D eigenvalue weighted by Crippen LogP contribution is 2.44. The molecule has 85 heavy (non-hydrogen) atoms. The molecule has 4 amide bonds. The smallest absolute Gasteiger partial charge is 0.293 e. The summed E-state index contributed by atoms with van der Waals surface area (Å²) in [4.78, 5) is 81.2. The van der Waals surface area contributed by atoms with Crippen LogP contribution in [-0.2, 0) is 26.2 Å². The van der Waals surface area contributed by atoms with Crippen molar-refractivity contribution in [2.24, 2.45) is 11.3 Å². The minimum Gasteiger partial charge on any atom is -0.455 e. The van der Waals surface area contributed by atoms with Gasteiger partial charge in [0.2, 0.25) is 5.91 Å². The highest BCUT2D eigenvalue weighted by atomic mass is 35.5. The molecule has 21 heteroatoms. The molecule has 3 N–H and O–H groups in total. The summed E-state index contributed by atoms with van der Waals surface area (Å²) in [5.74, 6) is 5.30. The van der Waals surface area contributed by atoms with E-state index >= 15 is 0 Å². The van der Waals surface area contributed by atoms with Gasteiger partial charge in [-0.2, -0.15) is 0 Å². The number of benzene rings is 4. The molecule has 1 aliphatic carbocycles. The lowest BCUT2D eigenvalue weighted by molar-refractivity contribution is -0.384. The zero-order valence-electron chi connectivity index (χ0n) is 48.0. The lowest BCUT2D eigenvalue weighted by Crippen LogP contribution is -2.53. The summed E-state index contributed by atoms with van der Waals surface area (Å²) in [6, 6.07) is 25.1. The Hall–Kier alpha value is -8.09. The zero-order chi connectivity index (χ0) is 59.6. The molecule has 0 spiro atoms. The topological polar surface area (TPSA) is 224 Å². The Bertz CT molecular complexity index is 3810. The van der Waals surface area contributed by atoms with Crippen LogP contribution >= 0.6 is 11.6 Å². The minimum atomic E-state index is -4.64. The van der Waals surface area contributed by atoms with Gasteiger partial charge in [-0.1, -0.05) is 61.1 Å². The van der Waals surface area contributed by atoms with E-state index in [9.17, 15) is 37.7 Å². The van der Waals surface area contributed by atoms with Crippen molar-refractivity contribution in [1.29, 1.82) is 0 Å². The van der Waals surface area contributed by atoms with E-state index in [1.807, 2.05) is 24.3 Å². The number of carbonyl (C=O) groups is 4. The summed E-state index contributed by atoms with van der Waals surface area (Å²) in [5, 5.41) is 17.2. The SMILES string of the molecule is CN1C(=O)CCC(N2Cc3c(C#CCCCN4CCCC(CNc5ccc(S(=O)(=O)NC(=O)c6ccc(N7CCN(CC8=C(c9ccc(Cl)cc9)CC(C)(C)CC8)CC7)cc6Oc6cnc7[nH]ccc7c6)cc5[N+](=O)[O-])C4)cccc3C2=O)C1=O. The number of aromatic amines is 1. The second-order valence-corrected chi connectivity index (χ2v) is 25.8. The Morgan fingerprint density at radius 1 is 0.953 bits per heavy atom. The first-order chi connectivity index (χ1) is 40.9. The van der Waals surface area contributed by atoms with Gasteiger partial charge < -0.3 is 29.7 Å². The minimum absolute atomic E-state index is 0.0602. The number of sulfonamides is 1. The summed E-state index contributed by atoms with van der Waals surface area (Å²) in [7, 11) is -3.19. The number of halogens is 1. The number of nitrogens with zero attached hydrogens (tertiary/aromatic N) is 7. The molecule has 19 nitrogen and oxygen atoms in total. The molecule has 442 valence electrons. The maximum atomic E-state index is 14.2. The van der Waals surface area contributed by atoms with Crippen molar-refractivity contribution >= 4 is 78.9 Å². The number of carbonyl (C=O) groups excluding carboxylic acids is 4. The molecule has 0 bridgehead atoms. The van der Waals surface area contributed by atoms with Gasteiger partial charge in [-0.05, 0) is 147 Å². The standard InChI is InChI=1S/C64H69ClN10O9S/c1-64(2)25-23-46(53(36-64)44-13-15-47(65)16-14-44)40-72-29-31-73(32-30-72)48-17-19-52(58(34-48)84-49-33-45-24-26-66-60(45)68-38-49)61(77)69-85(82,83)50-18-20-55(57(35-50)75(80)81)67-37-42-9-8-28-71(39-42)27-6-4-5-10-43-11-7-12-51-54(43)41-74(62(51)78)56-21-22-59(76)70(3)63(56)79/h7,11-20,24,26,33-35,38,42,56,67H,4,6,8-9,21-23,25,27-32,36-37,39-41H2,1-3H3,(H,66,68)(H,69,77). The number of H-pyrrole nitrogens is 1. The van der Waals surface area contributed by atoms with Crippen molar-refractivity contribution in [3.8, 4) is 23.3 Å². The predicted octanol–water partition coefficient (Wildman–Crippen LogP) is 9.88. The average Bonchev–Trinajstić information content (AvgIpc) is 3.80. The highest BCUT2D eigenvalue weighted by Gasteiger charge is 2.42. The van der Waals surface area contributed by atoms with Gasteiger partial charge >= 0.3 is 0 Å². The number of allylic oxidation sites excluding steroid dienone is 1. The number of pyridine rings is 1. The van der Waals surface area contributed by atoms with Gasteiger partial charge in [-0.3, -0.25) is 39.1 Å². The number of likely N-dealkylation sites (tertiary alicyclic amines) is 2. The van der Waals surface area contributed by atoms with Crippen molar-refractivity contribution in [2.45, 2.75) is 89.1 Å². The Balaban J connectivity index is 0.709. The molecule has 6 aromatic rings. The Morgan fingerprint density at radius 3 is 2.56 bits per heavy atom. The van der Waals surface area contributed by atoms with Crippen molar-refractivity contribution in [3.63, 3.8) is 0 Å². The van der Waals surface area contributed by atoms with E-state index in [0.29, 0.717) is 49.4 Å². The first-order valence-electron chi connectivity index (χ1n) is 29.1. The quantitative estimate of drug-likeness (QED) is 0.0254. The number of likely N-dealkylation sites (N-methyl/N-ethyl adjacent to an activating group) is 1. The van der Waals surface area contributed by atoms with Crippen molar-refractivity contribution in [3.05, 3.63) is 152 Å². The van der Waals surface area contributed by atoms with Crippen LogP contribution in [0, 0.1) is 33.3 Å². The molecule has 3 saturated heterocycles. The van der Waals surface area contributed by atoms with Gasteiger partial charge in [-0.25, -0.2) is 18.1 Å². The van der Waals surface area contributed by atoms with Crippen LogP contribution in [0.1, 0.15) is 109 Å². The molecule has 4 aliphatic heterocycles.